The van der Waals surface area contributed by atoms with Crippen LogP contribution in [-0.4, -0.2) is 10.1 Å². The number of hydrogen-bond acceptors (Lipinski definition) is 1. The molecule has 0 heterocycles. The van der Waals surface area contributed by atoms with Gasteiger partial charge in [-0.25, -0.2) is 0 Å². The number of alkyl halides is 1. The lowest BCUT2D eigenvalue weighted by molar-refractivity contribution is 1.12. The van der Waals surface area contributed by atoms with Gasteiger partial charge in [0.1, 0.15) is 0 Å². The summed E-state index contributed by atoms with van der Waals surface area (Å²) in [5.41, 5.74) is 2.09. The second kappa shape index (κ2) is 5.52. The average Bonchev–Trinajstić information content (AvgIpc) is 1.87. The molecule has 0 spiro atoms. The summed E-state index contributed by atoms with van der Waals surface area (Å²) in [4.78, 5) is 4.27. The first-order valence-corrected chi connectivity index (χ1v) is 4.82. The van der Waals surface area contributed by atoms with Crippen molar-refractivity contribution in [3.8, 4) is 0 Å². The highest BCUT2D eigenvalue weighted by atomic mass is 127. The Morgan fingerprint density at radius 1 is 1.64 bits per heavy atom. The van der Waals surface area contributed by atoms with Crippen molar-refractivity contribution in [2.24, 2.45) is 4.99 Å². The highest BCUT2D eigenvalue weighted by molar-refractivity contribution is 14.1. The van der Waals surface area contributed by atoms with Crippen molar-refractivity contribution in [2.75, 3.05) is 0 Å². The first kappa shape index (κ1) is 10.9. The standard InChI is InChI=1S/C9H14IN/c1-5-9(8(4)10)11-6-7(2)3/h5-6,8H,2H2,1,3-4H3/b9-5-,11-6?. The fraction of sp³-hybridized carbons (Fsp3) is 0.444. The van der Waals surface area contributed by atoms with Gasteiger partial charge in [-0.05, 0) is 26.3 Å². The second-order valence-corrected chi connectivity index (χ2v) is 4.30. The number of allylic oxidation sites excluding steroid dienone is 3. The largest absolute Gasteiger partial charge is 0.260 e. The van der Waals surface area contributed by atoms with E-state index in [2.05, 4.69) is 41.1 Å². The second-order valence-electron chi connectivity index (χ2n) is 2.43. The summed E-state index contributed by atoms with van der Waals surface area (Å²) in [5.74, 6) is 0. The zero-order valence-electron chi connectivity index (χ0n) is 7.26. The average molecular weight is 263 g/mol. The molecule has 0 amide bonds. The van der Waals surface area contributed by atoms with E-state index in [1.54, 1.807) is 6.21 Å². The van der Waals surface area contributed by atoms with E-state index in [0.717, 1.165) is 11.3 Å². The maximum Gasteiger partial charge on any atom is 0.0500 e. The van der Waals surface area contributed by atoms with Crippen molar-refractivity contribution in [1.29, 1.82) is 0 Å². The molecule has 1 unspecified atom stereocenters. The van der Waals surface area contributed by atoms with Crippen LogP contribution in [0.1, 0.15) is 20.8 Å². The van der Waals surface area contributed by atoms with E-state index in [4.69, 9.17) is 0 Å². The van der Waals surface area contributed by atoms with Crippen LogP contribution in [0.15, 0.2) is 28.9 Å². The number of halogens is 1. The van der Waals surface area contributed by atoms with E-state index >= 15 is 0 Å². The topological polar surface area (TPSA) is 12.4 Å². The van der Waals surface area contributed by atoms with Gasteiger partial charge in [0.15, 0.2) is 0 Å². The molecule has 1 atom stereocenters. The molecule has 0 aromatic rings. The molecule has 2 heteroatoms. The minimum absolute atomic E-state index is 0.466. The SMILES string of the molecule is C=C(C)C=N/C(=C\C)C(C)I. The maximum atomic E-state index is 4.27. The third kappa shape index (κ3) is 5.18. The Bertz CT molecular complexity index is 190. The Hall–Kier alpha value is -0.120. The van der Waals surface area contributed by atoms with Crippen LogP contribution in [0, 0.1) is 0 Å². The molecular weight excluding hydrogens is 249 g/mol. The molecule has 0 rings (SSSR count). The van der Waals surface area contributed by atoms with Gasteiger partial charge in [0.25, 0.3) is 0 Å². The van der Waals surface area contributed by atoms with Gasteiger partial charge in [-0.1, -0.05) is 35.2 Å². The third-order valence-electron chi connectivity index (χ3n) is 1.14. The normalized spacial score (nSPS) is 15.5. The van der Waals surface area contributed by atoms with Crippen LogP contribution in [0.3, 0.4) is 0 Å². The number of rotatable bonds is 3. The van der Waals surface area contributed by atoms with Gasteiger partial charge in [0, 0.05) is 11.9 Å². The Balaban J connectivity index is 4.22. The van der Waals surface area contributed by atoms with Gasteiger partial charge in [0.05, 0.1) is 3.92 Å². The summed E-state index contributed by atoms with van der Waals surface area (Å²) in [7, 11) is 0. The molecule has 0 fully saturated rings. The molecule has 0 radical (unpaired) electrons. The quantitative estimate of drug-likeness (QED) is 0.420. The molecule has 0 aliphatic heterocycles. The molecule has 0 aromatic carbocycles. The van der Waals surface area contributed by atoms with Crippen molar-refractivity contribution in [2.45, 2.75) is 24.7 Å². The molecular formula is C9H14IN. The van der Waals surface area contributed by atoms with Crippen molar-refractivity contribution in [1.82, 2.24) is 0 Å². The smallest absolute Gasteiger partial charge is 0.0500 e. The minimum atomic E-state index is 0.466. The summed E-state index contributed by atoms with van der Waals surface area (Å²) in [5, 5.41) is 0. The van der Waals surface area contributed by atoms with E-state index in [-0.39, 0.29) is 0 Å². The third-order valence-corrected chi connectivity index (χ3v) is 1.78. The monoisotopic (exact) mass is 263 g/mol. The zero-order chi connectivity index (χ0) is 8.85. The molecule has 0 saturated heterocycles. The molecule has 11 heavy (non-hydrogen) atoms. The van der Waals surface area contributed by atoms with Crippen molar-refractivity contribution >= 4 is 28.8 Å². The predicted molar refractivity (Wildman–Crippen MR) is 60.5 cm³/mol. The number of aliphatic imine (C=N–C) groups is 1. The first-order chi connectivity index (χ1) is 5.07. The summed E-state index contributed by atoms with van der Waals surface area (Å²) >= 11 is 2.34. The predicted octanol–water partition coefficient (Wildman–Crippen LogP) is 3.36. The molecule has 0 aromatic heterocycles. The fourth-order valence-electron chi connectivity index (χ4n) is 0.592. The number of hydrogen-bond donors (Lipinski definition) is 0. The molecule has 1 nitrogen and oxygen atoms in total. The minimum Gasteiger partial charge on any atom is -0.260 e. The number of nitrogens with zero attached hydrogens (tertiary/aromatic N) is 1. The first-order valence-electron chi connectivity index (χ1n) is 3.57. The Labute approximate surface area is 82.4 Å². The van der Waals surface area contributed by atoms with E-state index in [1.165, 1.54) is 0 Å². The highest BCUT2D eigenvalue weighted by Crippen LogP contribution is 2.12. The van der Waals surface area contributed by atoms with E-state index in [0.29, 0.717) is 3.92 Å². The molecule has 0 N–H and O–H groups in total. The molecule has 0 bridgehead atoms. The van der Waals surface area contributed by atoms with Crippen molar-refractivity contribution in [3.05, 3.63) is 23.9 Å². The summed E-state index contributed by atoms with van der Waals surface area (Å²) in [6, 6.07) is 0. The molecule has 62 valence electrons. The van der Waals surface area contributed by atoms with Crippen LogP contribution >= 0.6 is 22.6 Å². The Kier molecular flexibility index (Phi) is 5.46. The van der Waals surface area contributed by atoms with E-state index in [1.807, 2.05) is 19.9 Å². The van der Waals surface area contributed by atoms with Crippen molar-refractivity contribution < 1.29 is 0 Å². The molecule has 0 aliphatic rings. The van der Waals surface area contributed by atoms with Gasteiger partial charge >= 0.3 is 0 Å². The van der Waals surface area contributed by atoms with Gasteiger partial charge in [-0.2, -0.15) is 0 Å². The van der Waals surface area contributed by atoms with Crippen molar-refractivity contribution in [3.63, 3.8) is 0 Å². The van der Waals surface area contributed by atoms with Gasteiger partial charge in [-0.15, -0.1) is 0 Å². The van der Waals surface area contributed by atoms with E-state index < -0.39 is 0 Å². The van der Waals surface area contributed by atoms with E-state index in [9.17, 15) is 0 Å². The Morgan fingerprint density at radius 3 is 2.45 bits per heavy atom. The fourth-order valence-corrected chi connectivity index (χ4v) is 1.11. The van der Waals surface area contributed by atoms with Crippen LogP contribution in [0.2, 0.25) is 0 Å². The lowest BCUT2D eigenvalue weighted by Gasteiger charge is -2.01. The van der Waals surface area contributed by atoms with Gasteiger partial charge in [0.2, 0.25) is 0 Å². The molecule has 0 aliphatic carbocycles. The summed E-state index contributed by atoms with van der Waals surface area (Å²) in [6.07, 6.45) is 3.82. The van der Waals surface area contributed by atoms with Crippen LogP contribution in [0.25, 0.3) is 0 Å². The summed E-state index contributed by atoms with van der Waals surface area (Å²) in [6.45, 7) is 9.80. The lowest BCUT2D eigenvalue weighted by Crippen LogP contribution is -1.93. The van der Waals surface area contributed by atoms with Gasteiger partial charge < -0.3 is 0 Å². The lowest BCUT2D eigenvalue weighted by atomic mass is 10.3. The zero-order valence-corrected chi connectivity index (χ0v) is 9.42. The molecule has 0 saturated carbocycles. The van der Waals surface area contributed by atoms with Crippen LogP contribution in [0.4, 0.5) is 0 Å². The highest BCUT2D eigenvalue weighted by Gasteiger charge is 1.98. The van der Waals surface area contributed by atoms with Crippen LogP contribution < -0.4 is 0 Å². The Morgan fingerprint density at radius 2 is 2.18 bits per heavy atom. The van der Waals surface area contributed by atoms with Gasteiger partial charge in [-0.3, -0.25) is 4.99 Å². The van der Waals surface area contributed by atoms with Crippen LogP contribution in [-0.2, 0) is 0 Å². The van der Waals surface area contributed by atoms with Crippen LogP contribution in [0.5, 0.6) is 0 Å². The maximum absolute atomic E-state index is 4.27. The summed E-state index contributed by atoms with van der Waals surface area (Å²) < 4.78 is 0.466.